The molecule has 330 valence electrons. The van der Waals surface area contributed by atoms with E-state index in [1.807, 2.05) is 37.9 Å². The van der Waals surface area contributed by atoms with Crippen molar-refractivity contribution >= 4 is 0 Å². The van der Waals surface area contributed by atoms with Gasteiger partial charge in [0.1, 0.15) is 6.10 Å². The first-order valence-electron chi connectivity index (χ1n) is 21.6. The Hall–Kier alpha value is -1.66. The Labute approximate surface area is 338 Å². The van der Waals surface area contributed by atoms with Crippen molar-refractivity contribution in [2.45, 2.75) is 140 Å². The largest absolute Gasteiger partial charge is 0.456 e. The number of hydrogen-bond acceptors (Lipinski definition) is 10. The number of fused-ring (bicyclic) bond motifs is 2. The summed E-state index contributed by atoms with van der Waals surface area (Å²) in [5.41, 5.74) is -1.61. The molecule has 0 aromatic carbocycles. The minimum atomic E-state index is -4.72. The van der Waals surface area contributed by atoms with E-state index in [9.17, 15) is 31.4 Å². The van der Waals surface area contributed by atoms with Gasteiger partial charge in [0.15, 0.2) is 5.60 Å². The van der Waals surface area contributed by atoms with Crippen LogP contribution in [-0.2, 0) is 28.7 Å². The van der Waals surface area contributed by atoms with E-state index < -0.39 is 70.7 Å². The molecule has 1 N–H and O–H groups in total. The summed E-state index contributed by atoms with van der Waals surface area (Å²) in [4.78, 5) is 17.9. The standard InChI is InChI=1S/C42H63F6N3O7/c1-24-10-13-31-27(34(42(46,47)48)55-40-35(52)38(31,40)29(24)15-12-26(3)54-40)22-50(6)20-8-18-49(5)19-9-21-51(7)23-28-32-14-11-25(2)30-16-17-37(4)56-36(39(30,32)58-57-37)53-33(28)41(43,44)45/h24-26,29-32,35-36,52H,8-23H2,1-7H3/t24-,25-,26+,29?,30?,31+,32+,35?,36-,37?,38+,39-,40-/m1/s1. The molecule has 9 aliphatic rings. The summed E-state index contributed by atoms with van der Waals surface area (Å²) >= 11 is 0. The number of aliphatic hydroxyl groups excluding tert-OH is 1. The average molecular weight is 836 g/mol. The first-order valence-corrected chi connectivity index (χ1v) is 21.6. The van der Waals surface area contributed by atoms with E-state index in [0.29, 0.717) is 64.7 Å². The summed E-state index contributed by atoms with van der Waals surface area (Å²) in [5, 5.41) is 11.5. The van der Waals surface area contributed by atoms with Gasteiger partial charge in [-0.15, -0.1) is 0 Å². The van der Waals surface area contributed by atoms with Gasteiger partial charge in [-0.05, 0) is 148 Å². The zero-order chi connectivity index (χ0) is 41.8. The van der Waals surface area contributed by atoms with Crippen LogP contribution in [0.1, 0.15) is 91.9 Å². The molecular weight excluding hydrogens is 772 g/mol. The molecular formula is C42H63F6N3O7. The number of likely N-dealkylation sites (N-methyl/N-ethyl adjacent to an activating group) is 2. The number of ether oxygens (including phenoxy) is 4. The molecule has 7 fully saturated rings. The molecule has 0 aromatic rings. The van der Waals surface area contributed by atoms with Crippen LogP contribution >= 0.6 is 0 Å². The summed E-state index contributed by atoms with van der Waals surface area (Å²) in [6.45, 7) is 10.4. The van der Waals surface area contributed by atoms with Crippen molar-refractivity contribution in [3.8, 4) is 0 Å². The van der Waals surface area contributed by atoms with Crippen LogP contribution in [0.15, 0.2) is 22.7 Å². The van der Waals surface area contributed by atoms with Crippen molar-refractivity contribution in [3.63, 3.8) is 0 Å². The van der Waals surface area contributed by atoms with Gasteiger partial charge >= 0.3 is 12.4 Å². The van der Waals surface area contributed by atoms with Gasteiger partial charge in [-0.3, -0.25) is 0 Å². The lowest BCUT2D eigenvalue weighted by Crippen LogP contribution is -2.67. The van der Waals surface area contributed by atoms with Gasteiger partial charge in [0, 0.05) is 37.3 Å². The fourth-order valence-corrected chi connectivity index (χ4v) is 12.8. The fourth-order valence-electron chi connectivity index (χ4n) is 12.8. The summed E-state index contributed by atoms with van der Waals surface area (Å²) in [5.74, 6) is -5.44. The number of alkyl halides is 6. The Morgan fingerprint density at radius 3 is 1.86 bits per heavy atom. The van der Waals surface area contributed by atoms with Crippen LogP contribution in [0.4, 0.5) is 26.3 Å². The lowest BCUT2D eigenvalue weighted by molar-refractivity contribution is -0.557. The van der Waals surface area contributed by atoms with E-state index >= 15 is 0 Å². The molecule has 0 radical (unpaired) electrons. The maximum absolute atomic E-state index is 14.7. The zero-order valence-electron chi connectivity index (χ0n) is 35.0. The highest BCUT2D eigenvalue weighted by atomic mass is 19.4. The molecule has 58 heavy (non-hydrogen) atoms. The Morgan fingerprint density at radius 2 is 1.24 bits per heavy atom. The highest BCUT2D eigenvalue weighted by Gasteiger charge is 2.90. The molecule has 10 nitrogen and oxygen atoms in total. The van der Waals surface area contributed by atoms with E-state index in [1.54, 1.807) is 6.92 Å². The molecule has 6 heterocycles. The molecule has 3 saturated carbocycles. The molecule has 4 unspecified atom stereocenters. The van der Waals surface area contributed by atoms with Gasteiger partial charge in [-0.1, -0.05) is 13.8 Å². The quantitative estimate of drug-likeness (QED) is 0.159. The number of nitrogens with zero attached hydrogens (tertiary/aromatic N) is 3. The minimum absolute atomic E-state index is 0.0161. The predicted octanol–water partition coefficient (Wildman–Crippen LogP) is 7.39. The van der Waals surface area contributed by atoms with E-state index in [2.05, 4.69) is 18.7 Å². The number of halogens is 6. The van der Waals surface area contributed by atoms with Gasteiger partial charge in [0.05, 0.1) is 11.5 Å². The van der Waals surface area contributed by atoms with Gasteiger partial charge in [0.2, 0.25) is 29.4 Å². The predicted molar refractivity (Wildman–Crippen MR) is 199 cm³/mol. The van der Waals surface area contributed by atoms with Gasteiger partial charge in [0.25, 0.3) is 0 Å². The van der Waals surface area contributed by atoms with Crippen LogP contribution in [0.5, 0.6) is 0 Å². The molecule has 4 saturated heterocycles. The number of hydrogen-bond donors (Lipinski definition) is 1. The third-order valence-corrected chi connectivity index (χ3v) is 15.6. The van der Waals surface area contributed by atoms with Crippen LogP contribution in [0.25, 0.3) is 0 Å². The summed E-state index contributed by atoms with van der Waals surface area (Å²) < 4.78 is 112. The SMILES string of the molecule is C[C@@H]1CC[C@H]2C(CN(C)CCCN(C)CCCN(C)CC3=C(C(F)(F)F)O[C@@]45O[C@@H](C)CCC6[C@H](C)CC[C@@H]3[C@]64C5O)=C(C(F)(F)F)O[C@@H]3OC4(C)CCC1[C@]32OO4. The monoisotopic (exact) mass is 835 g/mol. The zero-order valence-corrected chi connectivity index (χ0v) is 35.0. The van der Waals surface area contributed by atoms with Crippen LogP contribution in [0, 0.1) is 40.9 Å². The first kappa shape index (κ1) is 43.0. The molecule has 0 aromatic heterocycles. The normalized spacial score (nSPS) is 43.4. The second kappa shape index (κ2) is 15.0. The van der Waals surface area contributed by atoms with Crippen molar-refractivity contribution in [2.24, 2.45) is 40.9 Å². The maximum Gasteiger partial charge on any atom is 0.449 e. The minimum Gasteiger partial charge on any atom is -0.456 e. The molecule has 6 aliphatic heterocycles. The van der Waals surface area contributed by atoms with Crippen molar-refractivity contribution in [3.05, 3.63) is 22.7 Å². The number of aliphatic hydroxyl groups is 1. The van der Waals surface area contributed by atoms with Gasteiger partial charge < -0.3 is 38.8 Å². The van der Waals surface area contributed by atoms with Crippen molar-refractivity contribution in [2.75, 3.05) is 60.4 Å². The molecule has 3 aliphatic carbocycles. The highest BCUT2D eigenvalue weighted by Crippen LogP contribution is 2.78. The van der Waals surface area contributed by atoms with Crippen molar-refractivity contribution in [1.82, 2.24) is 14.7 Å². The van der Waals surface area contributed by atoms with Crippen LogP contribution in [0.3, 0.4) is 0 Å². The molecule has 2 bridgehead atoms. The first-order chi connectivity index (χ1) is 27.2. The topological polar surface area (TPSA) is 85.3 Å². The van der Waals surface area contributed by atoms with Crippen LogP contribution < -0.4 is 0 Å². The second-order valence-electron chi connectivity index (χ2n) is 19.5. The van der Waals surface area contributed by atoms with Crippen LogP contribution in [-0.4, -0.2) is 128 Å². The van der Waals surface area contributed by atoms with Crippen LogP contribution in [0.2, 0.25) is 0 Å². The Bertz CT molecular complexity index is 1590. The third kappa shape index (κ3) is 6.84. The summed E-state index contributed by atoms with van der Waals surface area (Å²) in [7, 11) is 5.63. The molecule has 13 atom stereocenters. The van der Waals surface area contributed by atoms with Gasteiger partial charge in [-0.2, -0.15) is 26.3 Å². The number of allylic oxidation sites excluding steroid dienone is 2. The van der Waals surface area contributed by atoms with E-state index in [0.717, 1.165) is 25.7 Å². The van der Waals surface area contributed by atoms with Crippen molar-refractivity contribution < 1.29 is 60.2 Å². The Morgan fingerprint density at radius 1 is 0.672 bits per heavy atom. The smallest absolute Gasteiger partial charge is 0.449 e. The molecule has 9 rings (SSSR count). The van der Waals surface area contributed by atoms with E-state index in [1.165, 1.54) is 0 Å². The van der Waals surface area contributed by atoms with E-state index in [4.69, 9.17) is 28.7 Å². The second-order valence-corrected chi connectivity index (χ2v) is 19.5. The lowest BCUT2D eigenvalue weighted by atomic mass is 9.59. The van der Waals surface area contributed by atoms with Crippen molar-refractivity contribution in [1.29, 1.82) is 0 Å². The molecule has 16 heteroatoms. The Balaban J connectivity index is 0.868. The molecule has 0 amide bonds. The van der Waals surface area contributed by atoms with E-state index in [-0.39, 0.29) is 54.0 Å². The summed E-state index contributed by atoms with van der Waals surface area (Å²) in [6, 6.07) is 0. The number of rotatable bonds is 12. The summed E-state index contributed by atoms with van der Waals surface area (Å²) in [6.07, 6.45) is -5.29. The molecule has 2 spiro atoms. The lowest BCUT2D eigenvalue weighted by Gasteiger charge is -2.57. The van der Waals surface area contributed by atoms with Gasteiger partial charge in [-0.25, -0.2) is 9.78 Å². The Kier molecular flexibility index (Phi) is 11.1. The third-order valence-electron chi connectivity index (χ3n) is 15.6. The fraction of sp³-hybridized carbons (Fsp3) is 0.905. The maximum atomic E-state index is 14.7. The average Bonchev–Trinajstić information content (AvgIpc) is 3.76. The highest BCUT2D eigenvalue weighted by molar-refractivity contribution is 5.40.